The molecule has 0 saturated carbocycles. The maximum absolute atomic E-state index is 13.1. The predicted molar refractivity (Wildman–Crippen MR) is 112 cm³/mol. The van der Waals surface area contributed by atoms with Crippen LogP contribution in [0.2, 0.25) is 0 Å². The van der Waals surface area contributed by atoms with Crippen LogP contribution in [-0.4, -0.2) is 42.1 Å². The molecular formula is C23H33N3O2. The summed E-state index contributed by atoms with van der Waals surface area (Å²) >= 11 is 0. The predicted octanol–water partition coefficient (Wildman–Crippen LogP) is 4.15. The summed E-state index contributed by atoms with van der Waals surface area (Å²) in [7, 11) is 0. The zero-order chi connectivity index (χ0) is 20.2. The summed E-state index contributed by atoms with van der Waals surface area (Å²) in [6, 6.07) is 12.0. The lowest BCUT2D eigenvalue weighted by molar-refractivity contribution is -0.135. The third kappa shape index (κ3) is 5.02. The Labute approximate surface area is 168 Å². The summed E-state index contributed by atoms with van der Waals surface area (Å²) in [5, 5.41) is 7.32. The largest absolute Gasteiger partial charge is 0.361 e. The van der Waals surface area contributed by atoms with Crippen molar-refractivity contribution < 1.29 is 9.32 Å². The maximum atomic E-state index is 13.1. The minimum atomic E-state index is -0.465. The van der Waals surface area contributed by atoms with Gasteiger partial charge in [-0.05, 0) is 31.7 Å². The van der Waals surface area contributed by atoms with Gasteiger partial charge in [0.15, 0.2) is 0 Å². The second-order valence-electron chi connectivity index (χ2n) is 9.24. The fourth-order valence-electron chi connectivity index (χ4n) is 4.27. The van der Waals surface area contributed by atoms with Gasteiger partial charge in [0.05, 0.1) is 5.41 Å². The average Bonchev–Trinajstić information content (AvgIpc) is 3.10. The Balaban J connectivity index is 1.82. The lowest BCUT2D eigenvalue weighted by Crippen LogP contribution is -2.54. The number of nitrogens with one attached hydrogen (secondary N) is 1. The smallest absolute Gasteiger partial charge is 0.227 e. The molecule has 2 aromatic rings. The molecule has 1 atom stereocenters. The van der Waals surface area contributed by atoms with Crippen LogP contribution in [0.5, 0.6) is 0 Å². The van der Waals surface area contributed by atoms with Gasteiger partial charge in [0.2, 0.25) is 5.91 Å². The van der Waals surface area contributed by atoms with E-state index >= 15 is 0 Å². The third-order valence-corrected chi connectivity index (χ3v) is 5.31. The van der Waals surface area contributed by atoms with Gasteiger partial charge in [-0.3, -0.25) is 4.79 Å². The van der Waals surface area contributed by atoms with Gasteiger partial charge >= 0.3 is 0 Å². The van der Waals surface area contributed by atoms with Gasteiger partial charge in [0.1, 0.15) is 11.5 Å². The molecule has 3 rings (SSSR count). The number of carbonyl (C=O) groups is 1. The van der Waals surface area contributed by atoms with Crippen LogP contribution < -0.4 is 5.32 Å². The number of piperidine rings is 1. The molecule has 152 valence electrons. The van der Waals surface area contributed by atoms with Crippen LogP contribution in [0.3, 0.4) is 0 Å². The Hall–Kier alpha value is -2.14. The van der Waals surface area contributed by atoms with E-state index in [2.05, 4.69) is 36.1 Å². The van der Waals surface area contributed by atoms with E-state index in [9.17, 15) is 4.79 Å². The van der Waals surface area contributed by atoms with Gasteiger partial charge < -0.3 is 14.7 Å². The molecule has 1 aromatic carbocycles. The number of aromatic nitrogens is 1. The molecule has 5 nitrogen and oxygen atoms in total. The summed E-state index contributed by atoms with van der Waals surface area (Å²) in [5.74, 6) is 0.911. The fourth-order valence-corrected chi connectivity index (χ4v) is 4.27. The van der Waals surface area contributed by atoms with Gasteiger partial charge in [0, 0.05) is 37.7 Å². The monoisotopic (exact) mass is 383 g/mol. The molecule has 1 aliphatic heterocycles. The van der Waals surface area contributed by atoms with Crippen LogP contribution >= 0.6 is 0 Å². The normalized spacial score (nSPS) is 20.9. The van der Waals surface area contributed by atoms with E-state index in [1.807, 2.05) is 43.3 Å². The van der Waals surface area contributed by atoms with Crippen LogP contribution in [0.15, 0.2) is 40.9 Å². The second-order valence-corrected chi connectivity index (χ2v) is 9.24. The first-order valence-corrected chi connectivity index (χ1v) is 10.3. The maximum Gasteiger partial charge on any atom is 0.227 e. The molecule has 1 saturated heterocycles. The first-order chi connectivity index (χ1) is 13.3. The van der Waals surface area contributed by atoms with E-state index in [0.717, 1.165) is 49.5 Å². The highest BCUT2D eigenvalue weighted by molar-refractivity contribution is 5.83. The van der Waals surface area contributed by atoms with Gasteiger partial charge in [-0.25, -0.2) is 0 Å². The van der Waals surface area contributed by atoms with Crippen LogP contribution in [-0.2, 0) is 11.2 Å². The van der Waals surface area contributed by atoms with E-state index in [-0.39, 0.29) is 11.3 Å². The number of amides is 1. The standard InChI is InChI=1S/C23H33N3O2/c1-5-24-21(27)23(12-9-13-26(17-23)16-22(2,3)4)15-19-14-20(25-28-19)18-10-7-6-8-11-18/h6-8,10-11,14H,5,9,12-13,15-17H2,1-4H3,(H,24,27)/t23-/m0/s1. The van der Waals surface area contributed by atoms with E-state index < -0.39 is 5.41 Å². The van der Waals surface area contributed by atoms with E-state index in [1.165, 1.54) is 0 Å². The van der Waals surface area contributed by atoms with E-state index in [4.69, 9.17) is 4.52 Å². The van der Waals surface area contributed by atoms with Crippen molar-refractivity contribution in [1.29, 1.82) is 0 Å². The number of benzene rings is 1. The topological polar surface area (TPSA) is 58.4 Å². The molecule has 1 amide bonds. The molecule has 1 fully saturated rings. The number of likely N-dealkylation sites (tertiary alicyclic amines) is 1. The van der Waals surface area contributed by atoms with Crippen LogP contribution in [0, 0.1) is 10.8 Å². The van der Waals surface area contributed by atoms with Gasteiger partial charge in [-0.2, -0.15) is 0 Å². The minimum absolute atomic E-state index is 0.131. The number of rotatable bonds is 6. The molecule has 28 heavy (non-hydrogen) atoms. The highest BCUT2D eigenvalue weighted by atomic mass is 16.5. The molecule has 1 aromatic heterocycles. The molecular weight excluding hydrogens is 350 g/mol. The summed E-state index contributed by atoms with van der Waals surface area (Å²) in [5.41, 5.74) is 1.59. The van der Waals surface area contributed by atoms with Gasteiger partial charge in [-0.1, -0.05) is 56.3 Å². The summed E-state index contributed by atoms with van der Waals surface area (Å²) < 4.78 is 5.66. The van der Waals surface area contributed by atoms with Crippen molar-refractivity contribution in [2.75, 3.05) is 26.2 Å². The zero-order valence-corrected chi connectivity index (χ0v) is 17.6. The first-order valence-electron chi connectivity index (χ1n) is 10.3. The molecule has 5 heteroatoms. The SMILES string of the molecule is CCNC(=O)[C@]1(Cc2cc(-c3ccccc3)no2)CCCN(CC(C)(C)C)C1. The minimum Gasteiger partial charge on any atom is -0.361 e. The Kier molecular flexibility index (Phi) is 6.23. The van der Waals surface area contributed by atoms with Gasteiger partial charge in [0.25, 0.3) is 0 Å². The summed E-state index contributed by atoms with van der Waals surface area (Å²) in [6.07, 6.45) is 2.48. The zero-order valence-electron chi connectivity index (χ0n) is 17.6. The number of hydrogen-bond acceptors (Lipinski definition) is 4. The fraction of sp³-hybridized carbons (Fsp3) is 0.565. The molecule has 2 heterocycles. The van der Waals surface area contributed by atoms with Crippen LogP contribution in [0.1, 0.15) is 46.3 Å². The third-order valence-electron chi connectivity index (χ3n) is 5.31. The number of hydrogen-bond donors (Lipinski definition) is 1. The molecule has 0 unspecified atom stereocenters. The molecule has 0 aliphatic carbocycles. The van der Waals surface area contributed by atoms with Crippen LogP contribution in [0.4, 0.5) is 0 Å². The summed E-state index contributed by atoms with van der Waals surface area (Å²) in [6.45, 7) is 12.2. The average molecular weight is 384 g/mol. The van der Waals surface area contributed by atoms with Crippen molar-refractivity contribution in [1.82, 2.24) is 15.4 Å². The molecule has 0 spiro atoms. The molecule has 0 bridgehead atoms. The molecule has 1 aliphatic rings. The van der Waals surface area contributed by atoms with Crippen molar-refractivity contribution in [2.24, 2.45) is 10.8 Å². The highest BCUT2D eigenvalue weighted by Crippen LogP contribution is 2.36. The lowest BCUT2D eigenvalue weighted by Gasteiger charge is -2.43. The van der Waals surface area contributed by atoms with Crippen molar-refractivity contribution in [3.8, 4) is 11.3 Å². The Bertz CT molecular complexity index is 779. The quantitative estimate of drug-likeness (QED) is 0.814. The molecule has 0 radical (unpaired) electrons. The van der Waals surface area contributed by atoms with E-state index in [0.29, 0.717) is 13.0 Å². The lowest BCUT2D eigenvalue weighted by atomic mass is 9.74. The van der Waals surface area contributed by atoms with Crippen molar-refractivity contribution in [3.63, 3.8) is 0 Å². The van der Waals surface area contributed by atoms with Crippen LogP contribution in [0.25, 0.3) is 11.3 Å². The van der Waals surface area contributed by atoms with Crippen molar-refractivity contribution in [2.45, 2.75) is 47.0 Å². The van der Waals surface area contributed by atoms with Crippen molar-refractivity contribution >= 4 is 5.91 Å². The second kappa shape index (κ2) is 8.48. The van der Waals surface area contributed by atoms with E-state index in [1.54, 1.807) is 0 Å². The summed E-state index contributed by atoms with van der Waals surface area (Å²) in [4.78, 5) is 15.6. The Morgan fingerprint density at radius 1 is 1.29 bits per heavy atom. The van der Waals surface area contributed by atoms with Crippen molar-refractivity contribution in [3.05, 3.63) is 42.2 Å². The first kappa shape index (κ1) is 20.6. The Morgan fingerprint density at radius 3 is 2.71 bits per heavy atom. The van der Waals surface area contributed by atoms with Gasteiger partial charge in [-0.15, -0.1) is 0 Å². The Morgan fingerprint density at radius 2 is 2.04 bits per heavy atom. The number of carbonyl (C=O) groups excluding carboxylic acids is 1. The molecule has 1 N–H and O–H groups in total. The highest BCUT2D eigenvalue weighted by Gasteiger charge is 2.43. The number of nitrogens with zero attached hydrogens (tertiary/aromatic N) is 2.